The summed E-state index contributed by atoms with van der Waals surface area (Å²) >= 11 is 5.94. The van der Waals surface area contributed by atoms with E-state index in [2.05, 4.69) is 12.2 Å². The molecule has 1 aliphatic rings. The Kier molecular flexibility index (Phi) is 5.44. The van der Waals surface area contributed by atoms with Crippen molar-refractivity contribution in [1.82, 2.24) is 5.32 Å². The fraction of sp³-hybridized carbons (Fsp3) is 0.562. The highest BCUT2D eigenvalue weighted by Gasteiger charge is 2.40. The maximum Gasteiger partial charge on any atom is 0.313 e. The molecule has 1 atom stereocenters. The van der Waals surface area contributed by atoms with Crippen molar-refractivity contribution in [3.8, 4) is 0 Å². The van der Waals surface area contributed by atoms with Crippen LogP contribution in [-0.4, -0.2) is 19.1 Å². The number of hydrogen-bond donors (Lipinski definition) is 1. The molecule has 0 aromatic heterocycles. The second kappa shape index (κ2) is 7.09. The van der Waals surface area contributed by atoms with E-state index in [-0.39, 0.29) is 11.4 Å². The van der Waals surface area contributed by atoms with Gasteiger partial charge < -0.3 is 10.1 Å². The van der Waals surface area contributed by atoms with Crippen LogP contribution in [-0.2, 0) is 16.1 Å². The molecule has 0 spiro atoms. The lowest BCUT2D eigenvalue weighted by molar-refractivity contribution is -0.159. The molecule has 110 valence electrons. The van der Waals surface area contributed by atoms with Gasteiger partial charge in [-0.3, -0.25) is 4.79 Å². The van der Waals surface area contributed by atoms with Gasteiger partial charge >= 0.3 is 5.97 Å². The Balaban J connectivity index is 1.98. The number of benzene rings is 1. The van der Waals surface area contributed by atoms with Gasteiger partial charge in [0, 0.05) is 11.6 Å². The molecule has 1 aromatic carbocycles. The standard InChI is InChI=1S/C16H22ClNO2/c1-2-7-16(8-4-9-18-12-16)15(19)20-11-13-5-3-6-14(17)10-13/h3,5-6,10,18H,2,4,7-9,11-12H2,1H3. The summed E-state index contributed by atoms with van der Waals surface area (Å²) in [5, 5.41) is 3.99. The monoisotopic (exact) mass is 295 g/mol. The number of hydrogen-bond acceptors (Lipinski definition) is 3. The molecule has 1 saturated heterocycles. The summed E-state index contributed by atoms with van der Waals surface area (Å²) in [6.45, 7) is 4.13. The third-order valence-electron chi connectivity index (χ3n) is 3.89. The summed E-state index contributed by atoms with van der Waals surface area (Å²) in [5.74, 6) is -0.0773. The van der Waals surface area contributed by atoms with Crippen molar-refractivity contribution in [3.63, 3.8) is 0 Å². The zero-order valence-electron chi connectivity index (χ0n) is 12.0. The average molecular weight is 296 g/mol. The first-order chi connectivity index (χ1) is 9.66. The van der Waals surface area contributed by atoms with E-state index >= 15 is 0 Å². The van der Waals surface area contributed by atoms with Gasteiger partial charge in [0.05, 0.1) is 5.41 Å². The molecule has 4 heteroatoms. The minimum Gasteiger partial charge on any atom is -0.460 e. The Bertz CT molecular complexity index is 450. The Morgan fingerprint density at radius 3 is 3.00 bits per heavy atom. The highest BCUT2D eigenvalue weighted by molar-refractivity contribution is 6.30. The van der Waals surface area contributed by atoms with Crippen molar-refractivity contribution in [2.45, 2.75) is 39.2 Å². The molecule has 0 amide bonds. The second-order valence-corrected chi connectivity index (χ2v) is 5.95. The van der Waals surface area contributed by atoms with E-state index in [1.54, 1.807) is 0 Å². The van der Waals surface area contributed by atoms with Crippen LogP contribution in [0.15, 0.2) is 24.3 Å². The molecule has 0 saturated carbocycles. The van der Waals surface area contributed by atoms with Gasteiger partial charge in [-0.05, 0) is 43.5 Å². The number of esters is 1. The molecule has 2 rings (SSSR count). The maximum atomic E-state index is 12.5. The van der Waals surface area contributed by atoms with Gasteiger partial charge in [-0.15, -0.1) is 0 Å². The second-order valence-electron chi connectivity index (χ2n) is 5.52. The first kappa shape index (κ1) is 15.3. The third kappa shape index (κ3) is 3.74. The van der Waals surface area contributed by atoms with Crippen LogP contribution in [0.2, 0.25) is 5.02 Å². The molecule has 1 fully saturated rings. The molecule has 20 heavy (non-hydrogen) atoms. The van der Waals surface area contributed by atoms with Crippen LogP contribution in [0, 0.1) is 5.41 Å². The molecular formula is C16H22ClNO2. The summed E-state index contributed by atoms with van der Waals surface area (Å²) in [4.78, 5) is 12.5. The van der Waals surface area contributed by atoms with Gasteiger partial charge in [0.15, 0.2) is 0 Å². The first-order valence-corrected chi connectivity index (χ1v) is 7.66. The molecule has 0 aliphatic carbocycles. The number of carbonyl (C=O) groups is 1. The van der Waals surface area contributed by atoms with E-state index in [4.69, 9.17) is 16.3 Å². The molecule has 3 nitrogen and oxygen atoms in total. The molecule has 1 unspecified atom stereocenters. The molecule has 1 N–H and O–H groups in total. The summed E-state index contributed by atoms with van der Waals surface area (Å²) < 4.78 is 5.54. The number of carbonyl (C=O) groups excluding carboxylic acids is 1. The zero-order valence-corrected chi connectivity index (χ0v) is 12.7. The summed E-state index contributed by atoms with van der Waals surface area (Å²) in [6.07, 6.45) is 3.83. The SMILES string of the molecule is CCCC1(C(=O)OCc2cccc(Cl)c2)CCCNC1. The van der Waals surface area contributed by atoms with Crippen molar-refractivity contribution < 1.29 is 9.53 Å². The largest absolute Gasteiger partial charge is 0.460 e. The van der Waals surface area contributed by atoms with Crippen molar-refractivity contribution in [1.29, 1.82) is 0 Å². The van der Waals surface area contributed by atoms with Crippen LogP contribution in [0.25, 0.3) is 0 Å². The fourth-order valence-electron chi connectivity index (χ4n) is 2.86. The molecule has 0 radical (unpaired) electrons. The number of ether oxygens (including phenoxy) is 1. The van der Waals surface area contributed by atoms with Gasteiger partial charge in [-0.1, -0.05) is 37.1 Å². The maximum absolute atomic E-state index is 12.5. The number of piperidine rings is 1. The normalized spacial score (nSPS) is 22.5. The van der Waals surface area contributed by atoms with Crippen LogP contribution in [0.4, 0.5) is 0 Å². The first-order valence-electron chi connectivity index (χ1n) is 7.29. The van der Waals surface area contributed by atoms with Gasteiger partial charge in [-0.25, -0.2) is 0 Å². The Hall–Kier alpha value is -1.06. The topological polar surface area (TPSA) is 38.3 Å². The van der Waals surface area contributed by atoms with E-state index < -0.39 is 0 Å². The summed E-state index contributed by atoms with van der Waals surface area (Å²) in [7, 11) is 0. The van der Waals surface area contributed by atoms with E-state index in [0.717, 1.165) is 44.3 Å². The minimum absolute atomic E-state index is 0.0773. The van der Waals surface area contributed by atoms with Crippen molar-refractivity contribution in [2.24, 2.45) is 5.41 Å². The molecule has 0 bridgehead atoms. The van der Waals surface area contributed by atoms with Gasteiger partial charge in [0.2, 0.25) is 0 Å². The number of nitrogens with one attached hydrogen (secondary N) is 1. The highest BCUT2D eigenvalue weighted by atomic mass is 35.5. The Morgan fingerprint density at radius 1 is 1.50 bits per heavy atom. The summed E-state index contributed by atoms with van der Waals surface area (Å²) in [6, 6.07) is 7.44. The Labute approximate surface area is 125 Å². The van der Waals surface area contributed by atoms with Crippen molar-refractivity contribution >= 4 is 17.6 Å². The predicted octanol–water partition coefficient (Wildman–Crippen LogP) is 3.55. The minimum atomic E-state index is -0.342. The highest BCUT2D eigenvalue weighted by Crippen LogP contribution is 2.33. The number of halogens is 1. The van der Waals surface area contributed by atoms with Crippen molar-refractivity contribution in [3.05, 3.63) is 34.9 Å². The van der Waals surface area contributed by atoms with Gasteiger partial charge in [-0.2, -0.15) is 0 Å². The molecule has 1 aromatic rings. The van der Waals surface area contributed by atoms with E-state index in [1.807, 2.05) is 24.3 Å². The van der Waals surface area contributed by atoms with E-state index in [9.17, 15) is 4.79 Å². The fourth-order valence-corrected chi connectivity index (χ4v) is 3.08. The number of rotatable bonds is 5. The quantitative estimate of drug-likeness (QED) is 0.844. The van der Waals surface area contributed by atoms with Gasteiger partial charge in [0.25, 0.3) is 0 Å². The lowest BCUT2D eigenvalue weighted by Crippen LogP contribution is -2.46. The molecular weight excluding hydrogens is 274 g/mol. The van der Waals surface area contributed by atoms with Gasteiger partial charge in [0.1, 0.15) is 6.61 Å². The van der Waals surface area contributed by atoms with Crippen LogP contribution in [0.3, 0.4) is 0 Å². The van der Waals surface area contributed by atoms with Crippen molar-refractivity contribution in [2.75, 3.05) is 13.1 Å². The van der Waals surface area contributed by atoms with E-state index in [0.29, 0.717) is 11.6 Å². The average Bonchev–Trinajstić information content (AvgIpc) is 2.46. The van der Waals surface area contributed by atoms with Crippen LogP contribution < -0.4 is 5.32 Å². The lowest BCUT2D eigenvalue weighted by Gasteiger charge is -2.35. The predicted molar refractivity (Wildman–Crippen MR) is 80.7 cm³/mol. The van der Waals surface area contributed by atoms with E-state index in [1.165, 1.54) is 0 Å². The molecule has 1 aliphatic heterocycles. The lowest BCUT2D eigenvalue weighted by atomic mass is 9.77. The smallest absolute Gasteiger partial charge is 0.313 e. The molecule has 1 heterocycles. The zero-order chi connectivity index (χ0) is 14.4. The third-order valence-corrected chi connectivity index (χ3v) is 4.13. The Morgan fingerprint density at radius 2 is 2.35 bits per heavy atom. The van der Waals surface area contributed by atoms with Crippen LogP contribution in [0.5, 0.6) is 0 Å². The van der Waals surface area contributed by atoms with Crippen LogP contribution in [0.1, 0.15) is 38.2 Å². The van der Waals surface area contributed by atoms with Crippen LogP contribution >= 0.6 is 11.6 Å². The summed E-state index contributed by atoms with van der Waals surface area (Å²) in [5.41, 5.74) is 0.590.